The normalized spacial score (nSPS) is 13.4. The summed E-state index contributed by atoms with van der Waals surface area (Å²) in [5.74, 6) is 0.379. The second-order valence-corrected chi connectivity index (χ2v) is 4.19. The van der Waals surface area contributed by atoms with E-state index in [0.29, 0.717) is 11.3 Å². The Hall–Kier alpha value is -2.13. The third-order valence-corrected chi connectivity index (χ3v) is 2.70. The van der Waals surface area contributed by atoms with Crippen LogP contribution in [0.5, 0.6) is 5.75 Å². The van der Waals surface area contributed by atoms with Gasteiger partial charge in [0, 0.05) is 5.56 Å². The van der Waals surface area contributed by atoms with Crippen LogP contribution in [0.2, 0.25) is 0 Å². The molecule has 96 valence electrons. The molecule has 1 N–H and O–H groups in total. The fourth-order valence-corrected chi connectivity index (χ4v) is 1.26. The summed E-state index contributed by atoms with van der Waals surface area (Å²) in [5, 5.41) is 22.5. The standard InChI is InChI=1S/C12H15N3O3/c1-9-4-5-10(6-11(9)15(16)17)18-8-12(2,7-13)14-3/h4-6,14H,8H2,1-3H3. The zero-order valence-electron chi connectivity index (χ0n) is 10.6. The van der Waals surface area contributed by atoms with Crippen LogP contribution in [0.4, 0.5) is 5.69 Å². The van der Waals surface area contributed by atoms with Crippen molar-refractivity contribution in [3.63, 3.8) is 0 Å². The molecule has 0 saturated heterocycles. The predicted molar refractivity (Wildman–Crippen MR) is 66.4 cm³/mol. The van der Waals surface area contributed by atoms with Crippen molar-refractivity contribution >= 4 is 5.69 Å². The van der Waals surface area contributed by atoms with Gasteiger partial charge in [-0.1, -0.05) is 0 Å². The van der Waals surface area contributed by atoms with Gasteiger partial charge >= 0.3 is 0 Å². The Kier molecular flexibility index (Phi) is 4.23. The van der Waals surface area contributed by atoms with Gasteiger partial charge in [-0.05, 0) is 33.0 Å². The lowest BCUT2D eigenvalue weighted by Gasteiger charge is -2.20. The molecule has 0 aliphatic rings. The zero-order valence-corrected chi connectivity index (χ0v) is 10.6. The second kappa shape index (κ2) is 5.47. The van der Waals surface area contributed by atoms with E-state index in [1.807, 2.05) is 0 Å². The van der Waals surface area contributed by atoms with Gasteiger partial charge in [0.05, 0.1) is 17.1 Å². The molecule has 1 aromatic rings. The molecule has 0 aliphatic carbocycles. The number of nitro benzene ring substituents is 1. The average Bonchev–Trinajstić information content (AvgIpc) is 2.37. The molecular formula is C12H15N3O3. The molecular weight excluding hydrogens is 234 g/mol. The third kappa shape index (κ3) is 3.18. The summed E-state index contributed by atoms with van der Waals surface area (Å²) >= 11 is 0. The Bertz CT molecular complexity index is 496. The van der Waals surface area contributed by atoms with E-state index >= 15 is 0 Å². The number of hydrogen-bond acceptors (Lipinski definition) is 5. The number of nitriles is 1. The minimum absolute atomic E-state index is 0.00983. The monoisotopic (exact) mass is 249 g/mol. The number of benzene rings is 1. The number of likely N-dealkylation sites (N-methyl/N-ethyl adjacent to an activating group) is 1. The summed E-state index contributed by atoms with van der Waals surface area (Å²) in [4.78, 5) is 10.3. The Labute approximate surface area is 105 Å². The highest BCUT2D eigenvalue weighted by molar-refractivity contribution is 5.45. The third-order valence-electron chi connectivity index (χ3n) is 2.70. The van der Waals surface area contributed by atoms with Gasteiger partial charge in [-0.2, -0.15) is 5.26 Å². The van der Waals surface area contributed by atoms with E-state index in [2.05, 4.69) is 11.4 Å². The first kappa shape index (κ1) is 13.9. The minimum Gasteiger partial charge on any atom is -0.490 e. The largest absolute Gasteiger partial charge is 0.490 e. The van der Waals surface area contributed by atoms with E-state index in [1.165, 1.54) is 6.07 Å². The van der Waals surface area contributed by atoms with Crippen molar-refractivity contribution in [1.29, 1.82) is 5.26 Å². The summed E-state index contributed by atoms with van der Waals surface area (Å²) in [5.41, 5.74) is -0.237. The summed E-state index contributed by atoms with van der Waals surface area (Å²) in [6.07, 6.45) is 0. The van der Waals surface area contributed by atoms with Crippen molar-refractivity contribution in [3.05, 3.63) is 33.9 Å². The van der Waals surface area contributed by atoms with E-state index in [4.69, 9.17) is 10.00 Å². The highest BCUT2D eigenvalue weighted by Gasteiger charge is 2.22. The molecule has 0 aliphatic heterocycles. The number of nitrogens with one attached hydrogen (secondary N) is 1. The Balaban J connectivity index is 2.84. The topological polar surface area (TPSA) is 88.2 Å². The lowest BCUT2D eigenvalue weighted by molar-refractivity contribution is -0.385. The van der Waals surface area contributed by atoms with Crippen LogP contribution < -0.4 is 10.1 Å². The highest BCUT2D eigenvalue weighted by Crippen LogP contribution is 2.24. The van der Waals surface area contributed by atoms with E-state index < -0.39 is 10.5 Å². The number of rotatable bonds is 5. The lowest BCUT2D eigenvalue weighted by atomic mass is 10.1. The van der Waals surface area contributed by atoms with Crippen molar-refractivity contribution in [2.75, 3.05) is 13.7 Å². The summed E-state index contributed by atoms with van der Waals surface area (Å²) in [6, 6.07) is 6.71. The first-order valence-electron chi connectivity index (χ1n) is 5.40. The van der Waals surface area contributed by atoms with Gasteiger partial charge in [0.1, 0.15) is 17.9 Å². The van der Waals surface area contributed by atoms with Gasteiger partial charge in [0.25, 0.3) is 5.69 Å². The molecule has 0 radical (unpaired) electrons. The minimum atomic E-state index is -0.820. The molecule has 0 spiro atoms. The van der Waals surface area contributed by atoms with Gasteiger partial charge in [0.2, 0.25) is 0 Å². The number of ether oxygens (including phenoxy) is 1. The molecule has 0 heterocycles. The molecule has 1 aromatic carbocycles. The van der Waals surface area contributed by atoms with Crippen LogP contribution in [0, 0.1) is 28.4 Å². The molecule has 0 saturated carbocycles. The SMILES string of the molecule is CNC(C)(C#N)COc1ccc(C)c([N+](=O)[O-])c1. The fraction of sp³-hybridized carbons (Fsp3) is 0.417. The van der Waals surface area contributed by atoms with Gasteiger partial charge in [-0.3, -0.25) is 15.4 Å². The van der Waals surface area contributed by atoms with Gasteiger partial charge < -0.3 is 4.74 Å². The van der Waals surface area contributed by atoms with Crippen molar-refractivity contribution < 1.29 is 9.66 Å². The number of nitro groups is 1. The van der Waals surface area contributed by atoms with Crippen LogP contribution in [0.3, 0.4) is 0 Å². The van der Waals surface area contributed by atoms with Crippen molar-refractivity contribution in [2.45, 2.75) is 19.4 Å². The lowest BCUT2D eigenvalue weighted by Crippen LogP contribution is -2.43. The molecule has 6 nitrogen and oxygen atoms in total. The Morgan fingerprint density at radius 1 is 1.61 bits per heavy atom. The zero-order chi connectivity index (χ0) is 13.8. The van der Waals surface area contributed by atoms with Crippen LogP contribution >= 0.6 is 0 Å². The first-order chi connectivity index (χ1) is 8.41. The smallest absolute Gasteiger partial charge is 0.276 e. The second-order valence-electron chi connectivity index (χ2n) is 4.19. The van der Waals surface area contributed by atoms with Crippen LogP contribution in [0.25, 0.3) is 0 Å². The molecule has 1 unspecified atom stereocenters. The molecule has 18 heavy (non-hydrogen) atoms. The number of hydrogen-bond donors (Lipinski definition) is 1. The first-order valence-corrected chi connectivity index (χ1v) is 5.40. The summed E-state index contributed by atoms with van der Waals surface area (Å²) in [7, 11) is 1.66. The summed E-state index contributed by atoms with van der Waals surface area (Å²) < 4.78 is 5.41. The van der Waals surface area contributed by atoms with E-state index in [1.54, 1.807) is 33.0 Å². The maximum atomic E-state index is 10.8. The van der Waals surface area contributed by atoms with Crippen LogP contribution in [0.15, 0.2) is 18.2 Å². The summed E-state index contributed by atoms with van der Waals surface area (Å²) in [6.45, 7) is 3.46. The molecule has 0 amide bonds. The number of aryl methyl sites for hydroxylation is 1. The molecule has 1 atom stereocenters. The maximum absolute atomic E-state index is 10.8. The van der Waals surface area contributed by atoms with Crippen LogP contribution in [-0.2, 0) is 0 Å². The number of nitrogens with zero attached hydrogens (tertiary/aromatic N) is 2. The van der Waals surface area contributed by atoms with Crippen LogP contribution in [-0.4, -0.2) is 24.1 Å². The van der Waals surface area contributed by atoms with E-state index in [9.17, 15) is 10.1 Å². The van der Waals surface area contributed by atoms with Gasteiger partial charge in [0.15, 0.2) is 0 Å². The van der Waals surface area contributed by atoms with Crippen molar-refractivity contribution in [3.8, 4) is 11.8 Å². The predicted octanol–water partition coefficient (Wildman–Crippen LogP) is 1.78. The van der Waals surface area contributed by atoms with Gasteiger partial charge in [-0.15, -0.1) is 0 Å². The molecule has 6 heteroatoms. The quantitative estimate of drug-likeness (QED) is 0.634. The maximum Gasteiger partial charge on any atom is 0.276 e. The Morgan fingerprint density at radius 3 is 2.78 bits per heavy atom. The molecule has 1 rings (SSSR count). The average molecular weight is 249 g/mol. The molecule has 0 fully saturated rings. The van der Waals surface area contributed by atoms with Crippen molar-refractivity contribution in [1.82, 2.24) is 5.32 Å². The molecule has 0 aromatic heterocycles. The van der Waals surface area contributed by atoms with E-state index in [0.717, 1.165) is 0 Å². The highest BCUT2D eigenvalue weighted by atomic mass is 16.6. The van der Waals surface area contributed by atoms with Gasteiger partial charge in [-0.25, -0.2) is 0 Å². The Morgan fingerprint density at radius 2 is 2.28 bits per heavy atom. The molecule has 0 bridgehead atoms. The van der Waals surface area contributed by atoms with E-state index in [-0.39, 0.29) is 12.3 Å². The van der Waals surface area contributed by atoms with Crippen molar-refractivity contribution in [2.24, 2.45) is 0 Å². The fourth-order valence-electron chi connectivity index (χ4n) is 1.26. The van der Waals surface area contributed by atoms with Crippen LogP contribution in [0.1, 0.15) is 12.5 Å².